The SMILES string of the molecule is CC1(NC(=O)c2cccnc2)CCNCC1.Cl.Cl. The summed E-state index contributed by atoms with van der Waals surface area (Å²) in [6, 6.07) is 3.56. The normalized spacial score (nSPS) is 16.9. The van der Waals surface area contributed by atoms with E-state index in [0.29, 0.717) is 5.56 Å². The van der Waals surface area contributed by atoms with E-state index in [0.717, 1.165) is 25.9 Å². The van der Waals surface area contributed by atoms with Crippen molar-refractivity contribution < 1.29 is 4.79 Å². The van der Waals surface area contributed by atoms with Gasteiger partial charge in [0.25, 0.3) is 5.91 Å². The molecule has 102 valence electrons. The summed E-state index contributed by atoms with van der Waals surface area (Å²) in [4.78, 5) is 15.9. The molecule has 18 heavy (non-hydrogen) atoms. The number of nitrogens with one attached hydrogen (secondary N) is 2. The molecule has 0 radical (unpaired) electrons. The van der Waals surface area contributed by atoms with Crippen LogP contribution in [0.3, 0.4) is 0 Å². The summed E-state index contributed by atoms with van der Waals surface area (Å²) in [5.41, 5.74) is 0.542. The van der Waals surface area contributed by atoms with E-state index in [9.17, 15) is 4.79 Å². The van der Waals surface area contributed by atoms with E-state index in [2.05, 4.69) is 22.5 Å². The molecule has 0 saturated carbocycles. The van der Waals surface area contributed by atoms with Crippen LogP contribution in [0.1, 0.15) is 30.1 Å². The molecule has 1 amide bonds. The maximum absolute atomic E-state index is 11.9. The van der Waals surface area contributed by atoms with E-state index in [1.54, 1.807) is 24.5 Å². The van der Waals surface area contributed by atoms with Crippen LogP contribution in [-0.4, -0.2) is 29.5 Å². The maximum Gasteiger partial charge on any atom is 0.253 e. The third-order valence-corrected chi connectivity index (χ3v) is 3.05. The van der Waals surface area contributed by atoms with E-state index < -0.39 is 0 Å². The average molecular weight is 292 g/mol. The minimum atomic E-state index is -0.0851. The number of rotatable bonds is 2. The summed E-state index contributed by atoms with van der Waals surface area (Å²) in [7, 11) is 0. The Labute approximate surface area is 120 Å². The molecule has 0 atom stereocenters. The molecule has 1 fully saturated rings. The van der Waals surface area contributed by atoms with Gasteiger partial charge in [-0.2, -0.15) is 0 Å². The zero-order valence-electron chi connectivity index (χ0n) is 10.3. The second kappa shape index (κ2) is 7.56. The summed E-state index contributed by atoms with van der Waals surface area (Å²) < 4.78 is 0. The van der Waals surface area contributed by atoms with Gasteiger partial charge in [-0.25, -0.2) is 0 Å². The van der Waals surface area contributed by atoms with Crippen molar-refractivity contribution in [2.24, 2.45) is 0 Å². The lowest BCUT2D eigenvalue weighted by Gasteiger charge is -2.34. The lowest BCUT2D eigenvalue weighted by atomic mass is 9.90. The van der Waals surface area contributed by atoms with Gasteiger partial charge in [0.15, 0.2) is 0 Å². The van der Waals surface area contributed by atoms with Gasteiger partial charge in [0.2, 0.25) is 0 Å². The van der Waals surface area contributed by atoms with Gasteiger partial charge in [0, 0.05) is 17.9 Å². The number of pyridine rings is 1. The number of piperidine rings is 1. The molecule has 1 aromatic rings. The van der Waals surface area contributed by atoms with Crippen molar-refractivity contribution in [3.05, 3.63) is 30.1 Å². The topological polar surface area (TPSA) is 54.0 Å². The van der Waals surface area contributed by atoms with Crippen molar-refractivity contribution in [2.45, 2.75) is 25.3 Å². The first kappa shape index (κ1) is 17.2. The van der Waals surface area contributed by atoms with Crippen LogP contribution in [0.5, 0.6) is 0 Å². The minimum absolute atomic E-state index is 0. The molecule has 4 nitrogen and oxygen atoms in total. The van der Waals surface area contributed by atoms with Crippen LogP contribution in [0.2, 0.25) is 0 Å². The number of carbonyl (C=O) groups excluding carboxylic acids is 1. The maximum atomic E-state index is 11.9. The number of carbonyl (C=O) groups is 1. The third-order valence-electron chi connectivity index (χ3n) is 3.05. The fraction of sp³-hybridized carbons (Fsp3) is 0.500. The van der Waals surface area contributed by atoms with E-state index in [-0.39, 0.29) is 36.3 Å². The van der Waals surface area contributed by atoms with E-state index >= 15 is 0 Å². The molecule has 6 heteroatoms. The smallest absolute Gasteiger partial charge is 0.253 e. The Kier molecular flexibility index (Phi) is 7.21. The summed E-state index contributed by atoms with van der Waals surface area (Å²) in [6.07, 6.45) is 5.21. The molecule has 0 spiro atoms. The predicted octanol–water partition coefficient (Wildman–Crippen LogP) is 1.80. The van der Waals surface area contributed by atoms with Gasteiger partial charge in [-0.3, -0.25) is 9.78 Å². The number of hydrogen-bond donors (Lipinski definition) is 2. The van der Waals surface area contributed by atoms with Crippen LogP contribution >= 0.6 is 24.8 Å². The van der Waals surface area contributed by atoms with Gasteiger partial charge in [-0.15, -0.1) is 24.8 Å². The monoisotopic (exact) mass is 291 g/mol. The average Bonchev–Trinajstić information content (AvgIpc) is 2.30. The van der Waals surface area contributed by atoms with E-state index in [1.807, 2.05) is 0 Å². The van der Waals surface area contributed by atoms with Crippen molar-refractivity contribution in [3.8, 4) is 0 Å². The van der Waals surface area contributed by atoms with Crippen molar-refractivity contribution in [3.63, 3.8) is 0 Å². The van der Waals surface area contributed by atoms with Gasteiger partial charge in [0.1, 0.15) is 0 Å². The first-order chi connectivity index (χ1) is 7.70. The first-order valence-corrected chi connectivity index (χ1v) is 5.63. The summed E-state index contributed by atoms with van der Waals surface area (Å²) in [5, 5.41) is 6.38. The zero-order chi connectivity index (χ0) is 11.4. The van der Waals surface area contributed by atoms with Crippen molar-refractivity contribution in [1.82, 2.24) is 15.6 Å². The van der Waals surface area contributed by atoms with Gasteiger partial charge in [0.05, 0.1) is 5.56 Å². The second-order valence-corrected chi connectivity index (χ2v) is 4.51. The van der Waals surface area contributed by atoms with Crippen LogP contribution in [0.25, 0.3) is 0 Å². The van der Waals surface area contributed by atoms with Crippen molar-refractivity contribution >= 4 is 30.7 Å². The molecule has 0 aliphatic carbocycles. The Bertz CT molecular complexity index is 367. The highest BCUT2D eigenvalue weighted by atomic mass is 35.5. The molecule has 2 heterocycles. The molecule has 1 aliphatic rings. The Hall–Kier alpha value is -0.840. The molecular formula is C12H19Cl2N3O. The molecule has 0 aromatic carbocycles. The molecule has 0 unspecified atom stereocenters. The number of nitrogens with zero attached hydrogens (tertiary/aromatic N) is 1. The highest BCUT2D eigenvalue weighted by molar-refractivity contribution is 5.94. The Morgan fingerprint density at radius 2 is 2.06 bits per heavy atom. The lowest BCUT2D eigenvalue weighted by molar-refractivity contribution is 0.0887. The van der Waals surface area contributed by atoms with E-state index in [4.69, 9.17) is 0 Å². The summed E-state index contributed by atoms with van der Waals surface area (Å²) >= 11 is 0. The van der Waals surface area contributed by atoms with Crippen molar-refractivity contribution in [2.75, 3.05) is 13.1 Å². The third kappa shape index (κ3) is 4.44. The summed E-state index contributed by atoms with van der Waals surface area (Å²) in [5.74, 6) is -0.0301. The fourth-order valence-electron chi connectivity index (χ4n) is 1.95. The van der Waals surface area contributed by atoms with Crippen LogP contribution in [-0.2, 0) is 0 Å². The number of hydrogen-bond acceptors (Lipinski definition) is 3. The fourth-order valence-corrected chi connectivity index (χ4v) is 1.95. The second-order valence-electron chi connectivity index (χ2n) is 4.51. The Balaban J connectivity index is 0.00000144. The molecular weight excluding hydrogens is 273 g/mol. The van der Waals surface area contributed by atoms with Gasteiger partial charge in [-0.05, 0) is 45.0 Å². The molecule has 1 aliphatic heterocycles. The highest BCUT2D eigenvalue weighted by Gasteiger charge is 2.28. The Morgan fingerprint density at radius 1 is 1.39 bits per heavy atom. The molecule has 1 saturated heterocycles. The standard InChI is InChI=1S/C12H17N3O.2ClH/c1-12(4-7-13-8-5-12)15-11(16)10-3-2-6-14-9-10;;/h2-3,6,9,13H,4-5,7-8H2,1H3,(H,15,16);2*1H. The van der Waals surface area contributed by atoms with Crippen LogP contribution in [0.4, 0.5) is 0 Å². The number of aromatic nitrogens is 1. The molecule has 2 N–H and O–H groups in total. The largest absolute Gasteiger partial charge is 0.347 e. The number of halogens is 2. The van der Waals surface area contributed by atoms with E-state index in [1.165, 1.54) is 0 Å². The lowest BCUT2D eigenvalue weighted by Crippen LogP contribution is -2.52. The molecule has 0 bridgehead atoms. The quantitative estimate of drug-likeness (QED) is 0.874. The van der Waals surface area contributed by atoms with Gasteiger partial charge in [-0.1, -0.05) is 0 Å². The minimum Gasteiger partial charge on any atom is -0.347 e. The first-order valence-electron chi connectivity index (χ1n) is 5.63. The van der Waals surface area contributed by atoms with Gasteiger partial charge >= 0.3 is 0 Å². The zero-order valence-corrected chi connectivity index (χ0v) is 11.9. The van der Waals surface area contributed by atoms with Crippen LogP contribution in [0, 0.1) is 0 Å². The number of amides is 1. The predicted molar refractivity (Wildman–Crippen MR) is 76.7 cm³/mol. The summed E-state index contributed by atoms with van der Waals surface area (Å²) in [6.45, 7) is 4.02. The van der Waals surface area contributed by atoms with Crippen molar-refractivity contribution in [1.29, 1.82) is 0 Å². The van der Waals surface area contributed by atoms with Crippen LogP contribution in [0.15, 0.2) is 24.5 Å². The highest BCUT2D eigenvalue weighted by Crippen LogP contribution is 2.17. The van der Waals surface area contributed by atoms with Crippen LogP contribution < -0.4 is 10.6 Å². The molecule has 2 rings (SSSR count). The molecule has 1 aromatic heterocycles. The van der Waals surface area contributed by atoms with Gasteiger partial charge < -0.3 is 10.6 Å². The Morgan fingerprint density at radius 3 is 2.61 bits per heavy atom.